The van der Waals surface area contributed by atoms with Gasteiger partial charge in [-0.05, 0) is 29.8 Å². The second-order valence-corrected chi connectivity index (χ2v) is 4.62. The van der Waals surface area contributed by atoms with Crippen molar-refractivity contribution in [1.29, 1.82) is 0 Å². The molecule has 106 valence electrons. The Morgan fingerprint density at radius 2 is 1.80 bits per heavy atom. The molecule has 0 spiro atoms. The number of phenols is 1. The number of aromatic hydroxyl groups is 1. The zero-order chi connectivity index (χ0) is 14.5. The molecule has 20 heavy (non-hydrogen) atoms. The monoisotopic (exact) mass is 293 g/mol. The SMILES string of the molecule is COc1cc(CNc2ccc(Cl)c(OC)c2)ccc1O. The van der Waals surface area contributed by atoms with Crippen molar-refractivity contribution in [3.05, 3.63) is 47.0 Å². The van der Waals surface area contributed by atoms with E-state index in [0.29, 0.717) is 23.1 Å². The molecule has 0 aliphatic carbocycles. The van der Waals surface area contributed by atoms with E-state index in [2.05, 4.69) is 5.32 Å². The van der Waals surface area contributed by atoms with Gasteiger partial charge in [0.2, 0.25) is 0 Å². The van der Waals surface area contributed by atoms with Crippen LogP contribution in [-0.2, 0) is 6.54 Å². The van der Waals surface area contributed by atoms with E-state index in [0.717, 1.165) is 11.3 Å². The van der Waals surface area contributed by atoms with E-state index in [9.17, 15) is 5.11 Å². The molecule has 0 amide bonds. The lowest BCUT2D eigenvalue weighted by Gasteiger charge is -2.10. The normalized spacial score (nSPS) is 10.2. The fourth-order valence-corrected chi connectivity index (χ4v) is 2.00. The molecule has 0 radical (unpaired) electrons. The maximum Gasteiger partial charge on any atom is 0.160 e. The molecular formula is C15H16ClNO3. The number of hydrogen-bond donors (Lipinski definition) is 2. The van der Waals surface area contributed by atoms with E-state index in [1.54, 1.807) is 25.3 Å². The van der Waals surface area contributed by atoms with Crippen LogP contribution in [0.25, 0.3) is 0 Å². The zero-order valence-corrected chi connectivity index (χ0v) is 12.1. The fraction of sp³-hybridized carbons (Fsp3) is 0.200. The molecule has 0 bridgehead atoms. The zero-order valence-electron chi connectivity index (χ0n) is 11.3. The van der Waals surface area contributed by atoms with E-state index >= 15 is 0 Å². The van der Waals surface area contributed by atoms with Crippen molar-refractivity contribution in [1.82, 2.24) is 0 Å². The summed E-state index contributed by atoms with van der Waals surface area (Å²) in [5, 5.41) is 13.4. The first-order valence-electron chi connectivity index (χ1n) is 6.07. The Morgan fingerprint density at radius 1 is 1.05 bits per heavy atom. The Hall–Kier alpha value is -2.07. The number of halogens is 1. The highest BCUT2D eigenvalue weighted by molar-refractivity contribution is 6.32. The minimum atomic E-state index is 0.129. The molecule has 0 unspecified atom stereocenters. The summed E-state index contributed by atoms with van der Waals surface area (Å²) in [7, 11) is 3.10. The maximum absolute atomic E-state index is 9.54. The number of hydrogen-bond acceptors (Lipinski definition) is 4. The third-order valence-corrected chi connectivity index (χ3v) is 3.20. The summed E-state index contributed by atoms with van der Waals surface area (Å²) >= 11 is 5.97. The molecule has 0 saturated carbocycles. The molecule has 2 aromatic carbocycles. The highest BCUT2D eigenvalue weighted by Crippen LogP contribution is 2.29. The van der Waals surface area contributed by atoms with Gasteiger partial charge in [0.1, 0.15) is 5.75 Å². The molecule has 0 atom stereocenters. The Bertz CT molecular complexity index is 548. The summed E-state index contributed by atoms with van der Waals surface area (Å²) in [6.07, 6.45) is 0. The maximum atomic E-state index is 9.54. The molecule has 2 N–H and O–H groups in total. The molecule has 0 saturated heterocycles. The van der Waals surface area contributed by atoms with Crippen molar-refractivity contribution in [2.45, 2.75) is 6.54 Å². The Balaban J connectivity index is 2.08. The molecule has 2 aromatic rings. The van der Waals surface area contributed by atoms with E-state index in [1.165, 1.54) is 7.11 Å². The lowest BCUT2D eigenvalue weighted by Crippen LogP contribution is -2.00. The number of ether oxygens (including phenoxy) is 2. The van der Waals surface area contributed by atoms with Crippen molar-refractivity contribution in [3.63, 3.8) is 0 Å². The minimum Gasteiger partial charge on any atom is -0.504 e. The molecule has 5 heteroatoms. The van der Waals surface area contributed by atoms with Crippen LogP contribution in [0.1, 0.15) is 5.56 Å². The topological polar surface area (TPSA) is 50.7 Å². The van der Waals surface area contributed by atoms with E-state index in [-0.39, 0.29) is 5.75 Å². The quantitative estimate of drug-likeness (QED) is 0.883. The number of anilines is 1. The average molecular weight is 294 g/mol. The van der Waals surface area contributed by atoms with Crippen LogP contribution >= 0.6 is 11.6 Å². The Morgan fingerprint density at radius 3 is 2.50 bits per heavy atom. The standard InChI is InChI=1S/C15H16ClNO3/c1-19-14-8-11(4-5-12(14)16)17-9-10-3-6-13(18)15(7-10)20-2/h3-8,17-18H,9H2,1-2H3. The van der Waals surface area contributed by atoms with Crippen LogP contribution in [-0.4, -0.2) is 19.3 Å². The average Bonchev–Trinajstić information content (AvgIpc) is 2.47. The van der Waals surface area contributed by atoms with E-state index < -0.39 is 0 Å². The predicted octanol–water partition coefficient (Wildman–Crippen LogP) is 3.67. The van der Waals surface area contributed by atoms with Crippen molar-refractivity contribution in [2.75, 3.05) is 19.5 Å². The number of rotatable bonds is 5. The second-order valence-electron chi connectivity index (χ2n) is 4.21. The van der Waals surface area contributed by atoms with Gasteiger partial charge in [-0.1, -0.05) is 17.7 Å². The van der Waals surface area contributed by atoms with Gasteiger partial charge in [0.15, 0.2) is 11.5 Å². The van der Waals surface area contributed by atoms with Crippen LogP contribution < -0.4 is 14.8 Å². The van der Waals surface area contributed by atoms with Crippen LogP contribution in [0.4, 0.5) is 5.69 Å². The number of methoxy groups -OCH3 is 2. The van der Waals surface area contributed by atoms with Crippen molar-refractivity contribution < 1.29 is 14.6 Å². The molecule has 0 aliphatic heterocycles. The van der Waals surface area contributed by atoms with E-state index in [1.807, 2.05) is 18.2 Å². The van der Waals surface area contributed by atoms with Crippen LogP contribution in [0.15, 0.2) is 36.4 Å². The summed E-state index contributed by atoms with van der Waals surface area (Å²) in [5.41, 5.74) is 1.90. The highest BCUT2D eigenvalue weighted by Gasteiger charge is 2.04. The highest BCUT2D eigenvalue weighted by atomic mass is 35.5. The number of nitrogens with one attached hydrogen (secondary N) is 1. The van der Waals surface area contributed by atoms with Gasteiger partial charge in [-0.15, -0.1) is 0 Å². The largest absolute Gasteiger partial charge is 0.504 e. The summed E-state index contributed by atoms with van der Waals surface area (Å²) in [6.45, 7) is 0.599. The number of phenolic OH excluding ortho intramolecular Hbond substituents is 1. The van der Waals surface area contributed by atoms with Crippen molar-refractivity contribution in [3.8, 4) is 17.2 Å². The fourth-order valence-electron chi connectivity index (χ4n) is 1.81. The molecule has 0 heterocycles. The van der Waals surface area contributed by atoms with Gasteiger partial charge >= 0.3 is 0 Å². The lowest BCUT2D eigenvalue weighted by atomic mass is 10.2. The van der Waals surface area contributed by atoms with Gasteiger partial charge in [-0.3, -0.25) is 0 Å². The molecule has 2 rings (SSSR count). The lowest BCUT2D eigenvalue weighted by molar-refractivity contribution is 0.373. The van der Waals surface area contributed by atoms with Gasteiger partial charge in [-0.25, -0.2) is 0 Å². The van der Waals surface area contributed by atoms with Crippen LogP contribution in [0, 0.1) is 0 Å². The van der Waals surface area contributed by atoms with Crippen LogP contribution in [0.3, 0.4) is 0 Å². The van der Waals surface area contributed by atoms with Gasteiger partial charge in [0, 0.05) is 18.3 Å². The van der Waals surface area contributed by atoms with Crippen LogP contribution in [0.2, 0.25) is 5.02 Å². The van der Waals surface area contributed by atoms with Crippen molar-refractivity contribution >= 4 is 17.3 Å². The first-order chi connectivity index (χ1) is 9.63. The molecule has 0 fully saturated rings. The molecular weight excluding hydrogens is 278 g/mol. The second kappa shape index (κ2) is 6.39. The predicted molar refractivity (Wildman–Crippen MR) is 80.0 cm³/mol. The first kappa shape index (κ1) is 14.3. The van der Waals surface area contributed by atoms with Crippen LogP contribution in [0.5, 0.6) is 17.2 Å². The third-order valence-electron chi connectivity index (χ3n) is 2.89. The molecule has 4 nitrogen and oxygen atoms in total. The Kier molecular flexibility index (Phi) is 4.58. The molecule has 0 aliphatic rings. The minimum absolute atomic E-state index is 0.129. The summed E-state index contributed by atoms with van der Waals surface area (Å²) in [6, 6.07) is 10.7. The first-order valence-corrected chi connectivity index (χ1v) is 6.45. The summed E-state index contributed by atoms with van der Waals surface area (Å²) in [5.74, 6) is 1.21. The van der Waals surface area contributed by atoms with Gasteiger partial charge in [-0.2, -0.15) is 0 Å². The van der Waals surface area contributed by atoms with Gasteiger partial charge in [0.25, 0.3) is 0 Å². The smallest absolute Gasteiger partial charge is 0.160 e. The van der Waals surface area contributed by atoms with Gasteiger partial charge in [0.05, 0.1) is 19.2 Å². The molecule has 0 aromatic heterocycles. The number of benzene rings is 2. The third kappa shape index (κ3) is 3.27. The van der Waals surface area contributed by atoms with E-state index in [4.69, 9.17) is 21.1 Å². The van der Waals surface area contributed by atoms with Crippen molar-refractivity contribution in [2.24, 2.45) is 0 Å². The summed E-state index contributed by atoms with van der Waals surface area (Å²) in [4.78, 5) is 0. The Labute approximate surface area is 122 Å². The summed E-state index contributed by atoms with van der Waals surface area (Å²) < 4.78 is 10.2. The van der Waals surface area contributed by atoms with Gasteiger partial charge < -0.3 is 19.9 Å².